The van der Waals surface area contributed by atoms with Crippen LogP contribution in [0.5, 0.6) is 0 Å². The van der Waals surface area contributed by atoms with Crippen LogP contribution in [-0.2, 0) is 13.0 Å². The van der Waals surface area contributed by atoms with Crippen molar-refractivity contribution in [3.05, 3.63) is 53.3 Å². The summed E-state index contributed by atoms with van der Waals surface area (Å²) in [5, 5.41) is 25.5. The van der Waals surface area contributed by atoms with E-state index in [4.69, 9.17) is 11.6 Å². The molecule has 2 N–H and O–H groups in total. The van der Waals surface area contributed by atoms with Gasteiger partial charge in [-0.05, 0) is 18.4 Å². The molecule has 0 bridgehead atoms. The maximum absolute atomic E-state index is 10.6. The highest BCUT2D eigenvalue weighted by atomic mass is 35.5. The van der Waals surface area contributed by atoms with Gasteiger partial charge in [-0.1, -0.05) is 41.9 Å². The third-order valence-corrected chi connectivity index (χ3v) is 5.12. The summed E-state index contributed by atoms with van der Waals surface area (Å²) >= 11 is 5.90. The number of aliphatic hydroxyl groups excluding tert-OH is 2. The van der Waals surface area contributed by atoms with Gasteiger partial charge in [-0.15, -0.1) is 0 Å². The molecule has 0 amide bonds. The number of aliphatic hydroxyl groups is 2. The van der Waals surface area contributed by atoms with E-state index < -0.39 is 11.5 Å². The van der Waals surface area contributed by atoms with Crippen molar-refractivity contribution in [2.45, 2.75) is 25.5 Å². The first-order valence-electron chi connectivity index (χ1n) is 8.34. The number of rotatable bonds is 6. The summed E-state index contributed by atoms with van der Waals surface area (Å²) in [6.07, 6.45) is 4.31. The van der Waals surface area contributed by atoms with Crippen LogP contribution in [0.1, 0.15) is 12.0 Å². The lowest BCUT2D eigenvalue weighted by Crippen LogP contribution is -2.55. The maximum Gasteiger partial charge on any atom is 0.0785 e. The predicted octanol–water partition coefficient (Wildman–Crippen LogP) is 1.82. The first-order chi connectivity index (χ1) is 11.6. The van der Waals surface area contributed by atoms with Gasteiger partial charge in [0.1, 0.15) is 0 Å². The lowest BCUT2D eigenvalue weighted by atomic mass is 9.73. The van der Waals surface area contributed by atoms with Crippen molar-refractivity contribution in [1.82, 2.24) is 14.7 Å². The number of nitrogens with zero attached hydrogens (tertiary/aromatic N) is 3. The molecule has 2 heterocycles. The van der Waals surface area contributed by atoms with Crippen LogP contribution in [0.4, 0.5) is 0 Å². The molecular weight excluding hydrogens is 326 g/mol. The molecular formula is C18H24ClN3O2. The van der Waals surface area contributed by atoms with E-state index in [0.717, 1.165) is 25.2 Å². The van der Waals surface area contributed by atoms with Gasteiger partial charge in [0.05, 0.1) is 30.5 Å². The van der Waals surface area contributed by atoms with Gasteiger partial charge < -0.3 is 15.1 Å². The van der Waals surface area contributed by atoms with Crippen LogP contribution in [0, 0.1) is 5.41 Å². The Bertz CT molecular complexity index is 649. The van der Waals surface area contributed by atoms with Crippen molar-refractivity contribution in [1.29, 1.82) is 0 Å². The fourth-order valence-electron chi connectivity index (χ4n) is 3.52. The SMILES string of the molecule is OC[C@@]1(Cc2ccccc2)CN(CCn2cc(Cl)cn2)CC[C@@H]1O. The normalized spacial score (nSPS) is 25.0. The zero-order valence-electron chi connectivity index (χ0n) is 13.7. The largest absolute Gasteiger partial charge is 0.396 e. The molecule has 1 aromatic carbocycles. The smallest absolute Gasteiger partial charge is 0.0785 e. The number of benzene rings is 1. The molecule has 2 aromatic rings. The average molecular weight is 350 g/mol. The van der Waals surface area contributed by atoms with Crippen LogP contribution in [0.2, 0.25) is 5.02 Å². The van der Waals surface area contributed by atoms with E-state index in [1.807, 2.05) is 29.1 Å². The van der Waals surface area contributed by atoms with E-state index >= 15 is 0 Å². The Hall–Kier alpha value is -1.40. The number of likely N-dealkylation sites (tertiary alicyclic amines) is 1. The van der Waals surface area contributed by atoms with Gasteiger partial charge in [-0.2, -0.15) is 5.10 Å². The summed E-state index contributed by atoms with van der Waals surface area (Å²) in [4.78, 5) is 2.29. The van der Waals surface area contributed by atoms with Crippen LogP contribution in [0.25, 0.3) is 0 Å². The van der Waals surface area contributed by atoms with Gasteiger partial charge in [-0.3, -0.25) is 4.68 Å². The molecule has 0 spiro atoms. The van der Waals surface area contributed by atoms with Crippen LogP contribution in [0.15, 0.2) is 42.7 Å². The summed E-state index contributed by atoms with van der Waals surface area (Å²) < 4.78 is 1.82. The van der Waals surface area contributed by atoms with Crippen LogP contribution >= 0.6 is 11.6 Å². The molecule has 0 saturated carbocycles. The zero-order chi connectivity index (χ0) is 17.0. The molecule has 6 heteroatoms. The van der Waals surface area contributed by atoms with Crippen molar-refractivity contribution < 1.29 is 10.2 Å². The Morgan fingerprint density at radius 1 is 1.25 bits per heavy atom. The lowest BCUT2D eigenvalue weighted by molar-refractivity contribution is -0.0754. The molecule has 0 aliphatic carbocycles. The first kappa shape index (κ1) is 17.4. The first-order valence-corrected chi connectivity index (χ1v) is 8.72. The van der Waals surface area contributed by atoms with E-state index in [1.54, 1.807) is 6.20 Å². The van der Waals surface area contributed by atoms with E-state index in [2.05, 4.69) is 22.1 Å². The van der Waals surface area contributed by atoms with Crippen molar-refractivity contribution >= 4 is 11.6 Å². The number of aromatic nitrogens is 2. The Kier molecular flexibility index (Phi) is 5.56. The molecule has 1 aliphatic heterocycles. The molecule has 3 rings (SSSR count). The third kappa shape index (κ3) is 3.98. The summed E-state index contributed by atoms with van der Waals surface area (Å²) in [6.45, 7) is 3.05. The van der Waals surface area contributed by atoms with Crippen LogP contribution in [0.3, 0.4) is 0 Å². The topological polar surface area (TPSA) is 61.5 Å². The second-order valence-electron chi connectivity index (χ2n) is 6.69. The Labute approximate surface area is 147 Å². The number of piperidine rings is 1. The van der Waals surface area contributed by atoms with Gasteiger partial charge in [0.25, 0.3) is 0 Å². The van der Waals surface area contributed by atoms with Crippen LogP contribution < -0.4 is 0 Å². The molecule has 2 atom stereocenters. The quantitative estimate of drug-likeness (QED) is 0.835. The molecule has 0 unspecified atom stereocenters. The Balaban J connectivity index is 1.66. The molecule has 1 fully saturated rings. The van der Waals surface area contributed by atoms with E-state index in [9.17, 15) is 10.2 Å². The number of hydrogen-bond acceptors (Lipinski definition) is 4. The van der Waals surface area contributed by atoms with Gasteiger partial charge in [0.15, 0.2) is 0 Å². The van der Waals surface area contributed by atoms with Gasteiger partial charge in [-0.25, -0.2) is 0 Å². The van der Waals surface area contributed by atoms with Crippen LogP contribution in [-0.4, -0.2) is 57.2 Å². The lowest BCUT2D eigenvalue weighted by Gasteiger charge is -2.45. The Morgan fingerprint density at radius 3 is 2.71 bits per heavy atom. The summed E-state index contributed by atoms with van der Waals surface area (Å²) in [5.74, 6) is 0. The fraction of sp³-hybridized carbons (Fsp3) is 0.500. The number of hydrogen-bond donors (Lipinski definition) is 2. The highest BCUT2D eigenvalue weighted by Crippen LogP contribution is 2.33. The van der Waals surface area contributed by atoms with Crippen molar-refractivity contribution in [2.24, 2.45) is 5.41 Å². The molecule has 1 saturated heterocycles. The van der Waals surface area contributed by atoms with Gasteiger partial charge in [0.2, 0.25) is 0 Å². The molecule has 0 radical (unpaired) electrons. The highest BCUT2D eigenvalue weighted by Gasteiger charge is 2.42. The zero-order valence-corrected chi connectivity index (χ0v) is 14.4. The average Bonchev–Trinajstić information content (AvgIpc) is 3.02. The van der Waals surface area contributed by atoms with Crippen molar-refractivity contribution in [3.8, 4) is 0 Å². The van der Waals surface area contributed by atoms with E-state index in [0.29, 0.717) is 24.4 Å². The molecule has 24 heavy (non-hydrogen) atoms. The van der Waals surface area contributed by atoms with E-state index in [-0.39, 0.29) is 6.61 Å². The predicted molar refractivity (Wildman–Crippen MR) is 94.0 cm³/mol. The maximum atomic E-state index is 10.6. The van der Waals surface area contributed by atoms with Gasteiger partial charge >= 0.3 is 0 Å². The summed E-state index contributed by atoms with van der Waals surface area (Å²) in [6, 6.07) is 10.1. The Morgan fingerprint density at radius 2 is 2.04 bits per heavy atom. The second kappa shape index (κ2) is 7.66. The minimum Gasteiger partial charge on any atom is -0.396 e. The highest BCUT2D eigenvalue weighted by molar-refractivity contribution is 6.30. The second-order valence-corrected chi connectivity index (χ2v) is 7.12. The number of halogens is 1. The summed E-state index contributed by atoms with van der Waals surface area (Å²) in [5.41, 5.74) is 0.632. The summed E-state index contributed by atoms with van der Waals surface area (Å²) in [7, 11) is 0. The molecule has 5 nitrogen and oxygen atoms in total. The van der Waals surface area contributed by atoms with Crippen molar-refractivity contribution in [2.75, 3.05) is 26.2 Å². The molecule has 1 aromatic heterocycles. The monoisotopic (exact) mass is 349 g/mol. The molecule has 1 aliphatic rings. The minimum absolute atomic E-state index is 0.0207. The minimum atomic E-state index is -0.513. The van der Waals surface area contributed by atoms with Crippen molar-refractivity contribution in [3.63, 3.8) is 0 Å². The molecule has 130 valence electrons. The van der Waals surface area contributed by atoms with E-state index in [1.165, 1.54) is 0 Å². The standard InChI is InChI=1S/C18H24ClN3O2/c19-16-11-20-22(12-16)9-8-21-7-6-17(24)18(13-21,14-23)10-15-4-2-1-3-5-15/h1-5,11-12,17,23-24H,6-10,13-14H2/t17-,18+/m0/s1. The van der Waals surface area contributed by atoms with Gasteiger partial charge in [0, 0.05) is 31.2 Å². The fourth-order valence-corrected chi connectivity index (χ4v) is 3.68. The third-order valence-electron chi connectivity index (χ3n) is 4.93.